The summed E-state index contributed by atoms with van der Waals surface area (Å²) in [4.78, 5) is 31.6. The van der Waals surface area contributed by atoms with Crippen LogP contribution in [0.4, 0.5) is 17.3 Å². The van der Waals surface area contributed by atoms with Gasteiger partial charge in [0.1, 0.15) is 5.39 Å². The van der Waals surface area contributed by atoms with Crippen molar-refractivity contribution in [3.8, 4) is 5.82 Å². The van der Waals surface area contributed by atoms with Gasteiger partial charge in [-0.2, -0.15) is 4.98 Å². The molecule has 2 saturated heterocycles. The second-order valence-electron chi connectivity index (χ2n) is 10.6. The standard InChI is InChI=1S/C29H34N8O/c1-3-16-36-27(38)24-21-31-28(33-26(24)37(36)25-6-4-5-15-30-25)32-22-7-9-23(10-8-22)35-19-13-29(14-20-35)11-17-34(2)18-12-29/h3-10,15,21H,1,11-14,16-20H2,2H3,(H,31,32,33). The molecule has 6 rings (SSSR count). The van der Waals surface area contributed by atoms with E-state index < -0.39 is 0 Å². The highest BCUT2D eigenvalue weighted by Gasteiger charge is 2.36. The molecular formula is C29H34N8O. The van der Waals surface area contributed by atoms with Crippen LogP contribution in [0.1, 0.15) is 25.7 Å². The lowest BCUT2D eigenvalue weighted by molar-refractivity contribution is 0.0945. The molecule has 9 heteroatoms. The summed E-state index contributed by atoms with van der Waals surface area (Å²) in [6.07, 6.45) is 10.2. The molecule has 0 saturated carbocycles. The van der Waals surface area contributed by atoms with E-state index in [4.69, 9.17) is 4.98 Å². The molecule has 38 heavy (non-hydrogen) atoms. The van der Waals surface area contributed by atoms with E-state index in [1.165, 1.54) is 44.5 Å². The Morgan fingerprint density at radius 3 is 2.42 bits per heavy atom. The van der Waals surface area contributed by atoms with Crippen LogP contribution in [0.25, 0.3) is 16.9 Å². The molecular weight excluding hydrogens is 476 g/mol. The maximum atomic E-state index is 13.0. The van der Waals surface area contributed by atoms with Gasteiger partial charge in [0.05, 0.1) is 6.54 Å². The van der Waals surface area contributed by atoms with Crippen LogP contribution in [0.15, 0.2) is 72.3 Å². The molecule has 5 heterocycles. The summed E-state index contributed by atoms with van der Waals surface area (Å²) in [6, 6.07) is 14.0. The molecule has 2 aliphatic rings. The van der Waals surface area contributed by atoms with Crippen molar-refractivity contribution >= 4 is 28.4 Å². The van der Waals surface area contributed by atoms with Gasteiger partial charge in [0, 0.05) is 36.9 Å². The van der Waals surface area contributed by atoms with Crippen LogP contribution in [0.2, 0.25) is 0 Å². The number of pyridine rings is 1. The number of hydrogen-bond donors (Lipinski definition) is 1. The van der Waals surface area contributed by atoms with Crippen LogP contribution in [-0.2, 0) is 6.54 Å². The number of benzene rings is 1. The monoisotopic (exact) mass is 510 g/mol. The number of allylic oxidation sites excluding steroid dienone is 1. The zero-order valence-electron chi connectivity index (χ0n) is 21.9. The summed E-state index contributed by atoms with van der Waals surface area (Å²) >= 11 is 0. The van der Waals surface area contributed by atoms with Gasteiger partial charge in [-0.3, -0.25) is 4.79 Å². The molecule has 2 fully saturated rings. The molecule has 0 atom stereocenters. The van der Waals surface area contributed by atoms with Crippen LogP contribution in [0, 0.1) is 5.41 Å². The van der Waals surface area contributed by atoms with Crippen molar-refractivity contribution in [2.45, 2.75) is 32.2 Å². The Hall–Kier alpha value is -3.98. The maximum Gasteiger partial charge on any atom is 0.278 e. The zero-order valence-corrected chi connectivity index (χ0v) is 21.9. The van der Waals surface area contributed by atoms with Crippen LogP contribution in [0.5, 0.6) is 0 Å². The number of hydrogen-bond acceptors (Lipinski definition) is 7. The van der Waals surface area contributed by atoms with Crippen LogP contribution in [0.3, 0.4) is 0 Å². The van der Waals surface area contributed by atoms with Crippen LogP contribution < -0.4 is 15.8 Å². The van der Waals surface area contributed by atoms with E-state index in [9.17, 15) is 4.79 Å². The fraction of sp³-hybridized carbons (Fsp3) is 0.379. The quantitative estimate of drug-likeness (QED) is 0.389. The molecule has 0 bridgehead atoms. The summed E-state index contributed by atoms with van der Waals surface area (Å²) in [5, 5.41) is 3.74. The van der Waals surface area contributed by atoms with Gasteiger partial charge < -0.3 is 15.1 Å². The molecule has 0 radical (unpaired) electrons. The van der Waals surface area contributed by atoms with Gasteiger partial charge in [0.15, 0.2) is 11.5 Å². The first-order valence-electron chi connectivity index (χ1n) is 13.4. The lowest BCUT2D eigenvalue weighted by Gasteiger charge is -2.46. The number of anilines is 3. The summed E-state index contributed by atoms with van der Waals surface area (Å²) in [7, 11) is 2.24. The summed E-state index contributed by atoms with van der Waals surface area (Å²) in [5.41, 5.74) is 3.02. The largest absolute Gasteiger partial charge is 0.371 e. The molecule has 9 nitrogen and oxygen atoms in total. The Kier molecular flexibility index (Phi) is 6.45. The molecule has 4 aromatic rings. The van der Waals surface area contributed by atoms with Crippen LogP contribution in [-0.4, -0.2) is 62.4 Å². The van der Waals surface area contributed by atoms with Crippen LogP contribution >= 0.6 is 0 Å². The Morgan fingerprint density at radius 1 is 1.00 bits per heavy atom. The highest BCUT2D eigenvalue weighted by atomic mass is 16.1. The number of fused-ring (bicyclic) bond motifs is 1. The van der Waals surface area contributed by atoms with E-state index in [-0.39, 0.29) is 5.56 Å². The van der Waals surface area contributed by atoms with Gasteiger partial charge in [-0.25, -0.2) is 19.3 Å². The molecule has 1 aromatic carbocycles. The minimum atomic E-state index is -0.176. The third kappa shape index (κ3) is 4.58. The first kappa shape index (κ1) is 24.4. The number of piperidine rings is 2. The van der Waals surface area contributed by atoms with E-state index in [1.807, 2.05) is 18.2 Å². The second-order valence-corrected chi connectivity index (χ2v) is 10.6. The van der Waals surface area contributed by atoms with Crippen molar-refractivity contribution in [2.24, 2.45) is 5.41 Å². The first-order chi connectivity index (χ1) is 18.5. The van der Waals surface area contributed by atoms with Crippen molar-refractivity contribution in [3.05, 3.63) is 77.9 Å². The average molecular weight is 511 g/mol. The predicted octanol–water partition coefficient (Wildman–Crippen LogP) is 4.22. The second kappa shape index (κ2) is 10.1. The highest BCUT2D eigenvalue weighted by molar-refractivity contribution is 5.77. The lowest BCUT2D eigenvalue weighted by atomic mass is 9.71. The third-order valence-electron chi connectivity index (χ3n) is 8.20. The molecule has 1 N–H and O–H groups in total. The molecule has 3 aromatic heterocycles. The Balaban J connectivity index is 1.20. The van der Waals surface area contributed by atoms with Crippen molar-refractivity contribution < 1.29 is 0 Å². The fourth-order valence-corrected chi connectivity index (χ4v) is 5.80. The van der Waals surface area contributed by atoms with E-state index in [1.54, 1.807) is 27.8 Å². The molecule has 0 amide bonds. The predicted molar refractivity (Wildman–Crippen MR) is 151 cm³/mol. The minimum absolute atomic E-state index is 0.176. The summed E-state index contributed by atoms with van der Waals surface area (Å²) in [6.45, 7) is 8.82. The topological polar surface area (TPSA) is 84.1 Å². The number of nitrogens with one attached hydrogen (secondary N) is 1. The van der Waals surface area contributed by atoms with Crippen molar-refractivity contribution in [1.82, 2.24) is 29.2 Å². The first-order valence-corrected chi connectivity index (χ1v) is 13.4. The van der Waals surface area contributed by atoms with Gasteiger partial charge >= 0.3 is 0 Å². The molecule has 0 unspecified atom stereocenters. The number of rotatable bonds is 6. The van der Waals surface area contributed by atoms with E-state index >= 15 is 0 Å². The lowest BCUT2D eigenvalue weighted by Crippen LogP contribution is -2.46. The molecule has 1 spiro atoms. The Bertz CT molecular complexity index is 1470. The number of likely N-dealkylation sites (tertiary alicyclic amines) is 1. The van der Waals surface area contributed by atoms with E-state index in [0.717, 1.165) is 18.8 Å². The van der Waals surface area contributed by atoms with E-state index in [2.05, 4.69) is 63.0 Å². The van der Waals surface area contributed by atoms with Crippen molar-refractivity contribution in [2.75, 3.05) is 43.4 Å². The van der Waals surface area contributed by atoms with Gasteiger partial charge in [0.2, 0.25) is 5.95 Å². The highest BCUT2D eigenvalue weighted by Crippen LogP contribution is 2.42. The number of aromatic nitrogens is 5. The van der Waals surface area contributed by atoms with E-state index in [0.29, 0.717) is 34.8 Å². The SMILES string of the molecule is C=CCn1c(=O)c2cnc(Nc3ccc(N4CCC5(CCN(C)CC5)CC4)cc3)nc2n1-c1ccccn1. The Morgan fingerprint density at radius 2 is 1.74 bits per heavy atom. The third-order valence-corrected chi connectivity index (χ3v) is 8.20. The Labute approximate surface area is 222 Å². The fourth-order valence-electron chi connectivity index (χ4n) is 5.80. The average Bonchev–Trinajstić information content (AvgIpc) is 3.22. The smallest absolute Gasteiger partial charge is 0.278 e. The maximum absolute atomic E-state index is 13.0. The number of nitrogens with zero attached hydrogens (tertiary/aromatic N) is 7. The summed E-state index contributed by atoms with van der Waals surface area (Å²) in [5.74, 6) is 1.03. The van der Waals surface area contributed by atoms with Gasteiger partial charge in [-0.15, -0.1) is 6.58 Å². The molecule has 196 valence electrons. The minimum Gasteiger partial charge on any atom is -0.371 e. The van der Waals surface area contributed by atoms with Gasteiger partial charge in [0.25, 0.3) is 5.56 Å². The molecule has 0 aliphatic carbocycles. The summed E-state index contributed by atoms with van der Waals surface area (Å²) < 4.78 is 3.30. The van der Waals surface area contributed by atoms with Gasteiger partial charge in [-0.1, -0.05) is 12.1 Å². The van der Waals surface area contributed by atoms with Crippen molar-refractivity contribution in [3.63, 3.8) is 0 Å². The van der Waals surface area contributed by atoms with Gasteiger partial charge in [-0.05, 0) is 87.6 Å². The zero-order chi connectivity index (χ0) is 26.1. The molecule has 2 aliphatic heterocycles. The normalized spacial score (nSPS) is 17.7. The van der Waals surface area contributed by atoms with Crippen molar-refractivity contribution in [1.29, 1.82) is 0 Å².